The van der Waals surface area contributed by atoms with Gasteiger partial charge in [0, 0.05) is 67.4 Å². The summed E-state index contributed by atoms with van der Waals surface area (Å²) >= 11 is 0. The van der Waals surface area contributed by atoms with Crippen molar-refractivity contribution in [2.75, 3.05) is 19.6 Å². The van der Waals surface area contributed by atoms with Crippen LogP contribution in [0.3, 0.4) is 0 Å². The predicted molar refractivity (Wildman–Crippen MR) is 184 cm³/mol. The molecule has 2 bridgehead atoms. The summed E-state index contributed by atoms with van der Waals surface area (Å²) in [5.74, 6) is -10.2. The number of amides is 1. The third kappa shape index (κ3) is 8.97. The van der Waals surface area contributed by atoms with E-state index in [-0.39, 0.29) is 67.7 Å². The molecule has 1 aliphatic heterocycles. The number of benzene rings is 1. The van der Waals surface area contributed by atoms with Crippen LogP contribution in [0.5, 0.6) is 5.75 Å². The molecule has 57 heavy (non-hydrogen) atoms. The van der Waals surface area contributed by atoms with Crippen molar-refractivity contribution in [2.24, 2.45) is 17.8 Å². The van der Waals surface area contributed by atoms with Crippen molar-refractivity contribution in [3.63, 3.8) is 0 Å². The summed E-state index contributed by atoms with van der Waals surface area (Å²) in [5, 5.41) is 12.5. The molecule has 7 rings (SSSR count). The van der Waals surface area contributed by atoms with Crippen LogP contribution in [-0.2, 0) is 11.0 Å². The number of ether oxygens (including phenoxy) is 1. The van der Waals surface area contributed by atoms with Crippen LogP contribution in [0.2, 0.25) is 0 Å². The molecule has 1 aromatic carbocycles. The summed E-state index contributed by atoms with van der Waals surface area (Å²) in [6, 6.07) is 3.68. The fraction of sp³-hybridized carbons (Fsp3) is 0.632. The van der Waals surface area contributed by atoms with Gasteiger partial charge in [-0.3, -0.25) is 14.5 Å². The van der Waals surface area contributed by atoms with Crippen LogP contribution in [0.4, 0.5) is 43.9 Å². The lowest BCUT2D eigenvalue weighted by Gasteiger charge is -2.41. The number of carboxylic acids is 1. The lowest BCUT2D eigenvalue weighted by Crippen LogP contribution is -2.50. The number of aromatic nitrogens is 3. The van der Waals surface area contributed by atoms with Crippen LogP contribution in [0, 0.1) is 17.8 Å². The molecule has 0 spiro atoms. The third-order valence-corrected chi connectivity index (χ3v) is 11.9. The van der Waals surface area contributed by atoms with Crippen LogP contribution >= 0.6 is 0 Å². The fourth-order valence-corrected chi connectivity index (χ4v) is 9.16. The van der Waals surface area contributed by atoms with E-state index < -0.39 is 90.8 Å². The normalized spacial score (nSPS) is 25.4. The molecular formula is C38H41F10N5O4. The van der Waals surface area contributed by atoms with Gasteiger partial charge in [-0.2, -0.15) is 35.1 Å². The molecule has 3 aliphatic carbocycles. The van der Waals surface area contributed by atoms with Crippen molar-refractivity contribution in [3.8, 4) is 17.1 Å². The molecular weight excluding hydrogens is 780 g/mol. The maximum atomic E-state index is 14.6. The van der Waals surface area contributed by atoms with E-state index in [0.29, 0.717) is 36.6 Å². The number of piperidine rings is 1. The smallest absolute Gasteiger partial charge is 0.454 e. The zero-order chi connectivity index (χ0) is 41.1. The highest BCUT2D eigenvalue weighted by Crippen LogP contribution is 2.45. The first-order chi connectivity index (χ1) is 26.7. The molecule has 2 atom stereocenters. The topological polar surface area (TPSA) is 110 Å². The summed E-state index contributed by atoms with van der Waals surface area (Å²) in [6.07, 6.45) is -6.94. The van der Waals surface area contributed by atoms with Crippen molar-refractivity contribution < 1.29 is 63.3 Å². The van der Waals surface area contributed by atoms with E-state index in [1.807, 2.05) is 0 Å². The average Bonchev–Trinajstić information content (AvgIpc) is 3.49. The van der Waals surface area contributed by atoms with Crippen molar-refractivity contribution in [1.29, 1.82) is 0 Å². The molecule has 2 N–H and O–H groups in total. The molecule has 4 fully saturated rings. The summed E-state index contributed by atoms with van der Waals surface area (Å²) in [6.45, 7) is -1.65. The molecule has 19 heteroatoms. The van der Waals surface area contributed by atoms with Gasteiger partial charge in [0.05, 0.1) is 23.5 Å². The lowest BCUT2D eigenvalue weighted by atomic mass is 9.66. The van der Waals surface area contributed by atoms with E-state index in [2.05, 4.69) is 15.3 Å². The number of alkyl halides is 10. The van der Waals surface area contributed by atoms with Crippen molar-refractivity contribution >= 4 is 22.8 Å². The van der Waals surface area contributed by atoms with Crippen LogP contribution < -0.4 is 10.1 Å². The number of nitrogens with zero attached hydrogens (tertiary/aromatic N) is 4. The highest BCUT2D eigenvalue weighted by atomic mass is 19.4. The van der Waals surface area contributed by atoms with Gasteiger partial charge in [-0.15, -0.1) is 0 Å². The number of halogens is 10. The number of fused-ring (bicyclic) bond motifs is 3. The summed E-state index contributed by atoms with van der Waals surface area (Å²) in [5.41, 5.74) is -1.71. The Labute approximate surface area is 320 Å². The van der Waals surface area contributed by atoms with E-state index in [4.69, 9.17) is 4.74 Å². The van der Waals surface area contributed by atoms with Crippen molar-refractivity contribution in [2.45, 2.75) is 113 Å². The number of aliphatic carboxylic acids is 1. The molecule has 3 heterocycles. The molecule has 0 radical (unpaired) electrons. The molecule has 312 valence electrons. The molecule has 4 aliphatic rings. The van der Waals surface area contributed by atoms with Crippen LogP contribution in [0.1, 0.15) is 92.7 Å². The van der Waals surface area contributed by atoms with Gasteiger partial charge >= 0.3 is 24.2 Å². The predicted octanol–water partition coefficient (Wildman–Crippen LogP) is 8.92. The Morgan fingerprint density at radius 3 is 2.16 bits per heavy atom. The van der Waals surface area contributed by atoms with E-state index in [9.17, 15) is 58.6 Å². The Balaban J connectivity index is 1.13. The zero-order valence-corrected chi connectivity index (χ0v) is 30.5. The first kappa shape index (κ1) is 41.0. The SMILES string of the molecule is O=C(NC1CC2CC(C1)CC(C(=O)O)C2)c1cnc(-c2cn(C3CCC(F)(F)CC3)c3cc(OC4CCN(CC(F)(F)C(F)(F)F)CC4)ccc23)nc1C(F)(F)F. The Kier molecular flexibility index (Phi) is 10.9. The number of rotatable bonds is 9. The Bertz CT molecular complexity index is 1950. The van der Waals surface area contributed by atoms with E-state index in [1.165, 1.54) is 12.3 Å². The minimum atomic E-state index is -5.68. The van der Waals surface area contributed by atoms with Gasteiger partial charge in [0.1, 0.15) is 11.9 Å². The number of likely N-dealkylation sites (tertiary alicyclic amines) is 1. The second kappa shape index (κ2) is 15.2. The summed E-state index contributed by atoms with van der Waals surface area (Å²) < 4.78 is 145. The highest BCUT2D eigenvalue weighted by molar-refractivity contribution is 5.97. The number of hydrogen-bond acceptors (Lipinski definition) is 6. The number of carboxylic acid groups (broad SMARTS) is 1. The first-order valence-electron chi connectivity index (χ1n) is 19.0. The Morgan fingerprint density at radius 2 is 1.56 bits per heavy atom. The van der Waals surface area contributed by atoms with Crippen LogP contribution in [0.15, 0.2) is 30.6 Å². The Hall–Kier alpha value is -4.16. The van der Waals surface area contributed by atoms with Gasteiger partial charge in [0.2, 0.25) is 5.92 Å². The van der Waals surface area contributed by atoms with Crippen molar-refractivity contribution in [1.82, 2.24) is 24.8 Å². The van der Waals surface area contributed by atoms with Gasteiger partial charge in [-0.25, -0.2) is 18.7 Å². The second-order valence-corrected chi connectivity index (χ2v) is 16.1. The maximum Gasteiger partial charge on any atom is 0.454 e. The molecule has 1 saturated heterocycles. The monoisotopic (exact) mass is 821 g/mol. The van der Waals surface area contributed by atoms with Crippen molar-refractivity contribution in [3.05, 3.63) is 41.9 Å². The van der Waals surface area contributed by atoms with E-state index in [0.717, 1.165) is 17.5 Å². The van der Waals surface area contributed by atoms with Crippen LogP contribution in [0.25, 0.3) is 22.3 Å². The largest absolute Gasteiger partial charge is 0.490 e. The van der Waals surface area contributed by atoms with Gasteiger partial charge < -0.3 is 19.7 Å². The van der Waals surface area contributed by atoms with E-state index in [1.54, 1.807) is 16.7 Å². The van der Waals surface area contributed by atoms with Gasteiger partial charge in [0.25, 0.3) is 5.91 Å². The third-order valence-electron chi connectivity index (χ3n) is 11.9. The molecule has 2 unspecified atom stereocenters. The first-order valence-corrected chi connectivity index (χ1v) is 19.0. The quantitative estimate of drug-likeness (QED) is 0.208. The zero-order valence-electron chi connectivity index (χ0n) is 30.5. The highest BCUT2D eigenvalue weighted by Gasteiger charge is 2.58. The number of hydrogen-bond donors (Lipinski definition) is 2. The molecule has 3 aromatic rings. The molecule has 2 aromatic heterocycles. The minimum Gasteiger partial charge on any atom is -0.490 e. The average molecular weight is 822 g/mol. The molecule has 9 nitrogen and oxygen atoms in total. The molecule has 1 amide bonds. The summed E-state index contributed by atoms with van der Waals surface area (Å²) in [7, 11) is 0. The summed E-state index contributed by atoms with van der Waals surface area (Å²) in [4.78, 5) is 34.0. The number of carbonyl (C=O) groups is 2. The van der Waals surface area contributed by atoms with Gasteiger partial charge in [-0.1, -0.05) is 0 Å². The number of carbonyl (C=O) groups excluding carboxylic acids is 1. The number of nitrogens with one attached hydrogen (secondary N) is 1. The van der Waals surface area contributed by atoms with E-state index >= 15 is 0 Å². The standard InChI is InChI=1S/C38H41F10N5O4/c39-35(40)7-3-24(4-8-35)53-18-29(27-2-1-26(16-30(27)53)57-25-5-9-52(10-6-25)19-36(41,42)38(46,47)48)32-49-17-28(31(51-32)37(43,44)45)33(54)50-23-14-20-11-21(15-23)13-22(12-20)34(55)56/h1-2,16-18,20-25H,3-15,19H2,(H,50,54)(H,55,56). The van der Waals surface area contributed by atoms with Crippen LogP contribution in [-0.4, -0.2) is 86.2 Å². The Morgan fingerprint density at radius 1 is 0.912 bits per heavy atom. The molecule has 3 saturated carbocycles. The minimum absolute atomic E-state index is 0.0174. The lowest BCUT2D eigenvalue weighted by molar-refractivity contribution is -0.287. The van der Waals surface area contributed by atoms with Gasteiger partial charge in [-0.05, 0) is 81.8 Å². The maximum absolute atomic E-state index is 14.6. The van der Waals surface area contributed by atoms with Gasteiger partial charge in [0.15, 0.2) is 11.5 Å². The fourth-order valence-electron chi connectivity index (χ4n) is 9.16. The second-order valence-electron chi connectivity index (χ2n) is 16.1.